The maximum Gasteiger partial charge on any atom is 0.405 e. The number of benzene rings is 2. The predicted molar refractivity (Wildman–Crippen MR) is 143 cm³/mol. The zero-order valence-corrected chi connectivity index (χ0v) is 22.6. The van der Waals surface area contributed by atoms with Crippen LogP contribution in [-0.4, -0.2) is 77.0 Å². The highest BCUT2D eigenvalue weighted by Gasteiger charge is 2.61. The Morgan fingerprint density at radius 2 is 1.74 bits per heavy atom. The zero-order chi connectivity index (χ0) is 28.2. The van der Waals surface area contributed by atoms with E-state index in [0.29, 0.717) is 19.4 Å². The molecule has 0 radical (unpaired) electrons. The summed E-state index contributed by atoms with van der Waals surface area (Å²) in [4.78, 5) is 54.7. The Balaban J connectivity index is 1.53. The molecule has 0 aromatic heterocycles. The number of carbonyl (C=O) groups is 4. The van der Waals surface area contributed by atoms with Crippen molar-refractivity contribution in [3.05, 3.63) is 71.8 Å². The highest BCUT2D eigenvalue weighted by atomic mass is 16.5. The second kappa shape index (κ2) is 11.4. The average Bonchev–Trinajstić information content (AvgIpc) is 2.92. The molecule has 0 bridgehead atoms. The lowest BCUT2D eigenvalue weighted by Crippen LogP contribution is -2.69. The van der Waals surface area contributed by atoms with Gasteiger partial charge in [-0.3, -0.25) is 14.4 Å². The van der Waals surface area contributed by atoms with E-state index in [9.17, 15) is 19.2 Å². The number of nitrogens with zero attached hydrogens (tertiary/aromatic N) is 2. The quantitative estimate of drug-likeness (QED) is 0.423. The molecule has 3 N–H and O–H groups in total. The van der Waals surface area contributed by atoms with Gasteiger partial charge in [-0.1, -0.05) is 60.7 Å². The van der Waals surface area contributed by atoms with Crippen molar-refractivity contribution in [1.82, 2.24) is 20.4 Å². The Morgan fingerprint density at radius 1 is 1.10 bits per heavy atom. The van der Waals surface area contributed by atoms with E-state index < -0.39 is 29.0 Å². The fourth-order valence-corrected chi connectivity index (χ4v) is 5.66. The standard InChI is InChI=1S/C29H36N4O6/c1-28(2,31-27(37)38)25(35)30-22(18-39-17-20-11-6-4-7-12-20)24(34)33-16-10-15-29(19-33)23(32(3)26(29)36)21-13-8-5-9-14-21/h4-9,11-14,22-23,31H,10,15-19H2,1-3H3,(H,30,35)(H,37,38)/t22-,23?,29?/m1/s1. The Hall–Kier alpha value is -3.92. The molecule has 10 nitrogen and oxygen atoms in total. The molecule has 2 aromatic rings. The minimum atomic E-state index is -1.47. The Kier molecular flexibility index (Phi) is 8.25. The molecular weight excluding hydrogens is 500 g/mol. The summed E-state index contributed by atoms with van der Waals surface area (Å²) in [6.45, 7) is 3.65. The topological polar surface area (TPSA) is 128 Å². The minimum Gasteiger partial charge on any atom is -0.465 e. The summed E-state index contributed by atoms with van der Waals surface area (Å²) in [5.41, 5.74) is -0.272. The number of rotatable bonds is 9. The maximum atomic E-state index is 13.9. The van der Waals surface area contributed by atoms with Gasteiger partial charge in [-0.05, 0) is 37.8 Å². The first-order chi connectivity index (χ1) is 18.5. The Bertz CT molecular complexity index is 1200. The fourth-order valence-electron chi connectivity index (χ4n) is 5.66. The lowest BCUT2D eigenvalue weighted by molar-refractivity contribution is -0.179. The van der Waals surface area contributed by atoms with Crippen LogP contribution in [0.15, 0.2) is 60.7 Å². The number of β-lactam (4-membered cyclic amide) rings is 1. The van der Waals surface area contributed by atoms with Gasteiger partial charge in [-0.15, -0.1) is 0 Å². The van der Waals surface area contributed by atoms with E-state index in [2.05, 4.69) is 10.6 Å². The molecule has 2 aromatic carbocycles. The second-order valence-electron chi connectivity index (χ2n) is 10.8. The lowest BCUT2D eigenvalue weighted by Gasteiger charge is -2.58. The van der Waals surface area contributed by atoms with Crippen molar-refractivity contribution >= 4 is 23.8 Å². The van der Waals surface area contributed by atoms with Crippen LogP contribution in [0, 0.1) is 5.41 Å². The van der Waals surface area contributed by atoms with Crippen LogP contribution in [0.25, 0.3) is 0 Å². The van der Waals surface area contributed by atoms with Crippen LogP contribution in [-0.2, 0) is 25.7 Å². The lowest BCUT2D eigenvalue weighted by atomic mass is 9.63. The van der Waals surface area contributed by atoms with Crippen LogP contribution in [0.3, 0.4) is 0 Å². The van der Waals surface area contributed by atoms with E-state index in [1.807, 2.05) is 60.7 Å². The summed E-state index contributed by atoms with van der Waals surface area (Å²) in [5, 5.41) is 14.0. The molecule has 2 fully saturated rings. The molecule has 10 heteroatoms. The highest BCUT2D eigenvalue weighted by Crippen LogP contribution is 2.53. The molecule has 2 aliphatic rings. The summed E-state index contributed by atoms with van der Waals surface area (Å²) in [5.74, 6) is -1.02. The number of carbonyl (C=O) groups excluding carboxylic acids is 3. The molecule has 2 heterocycles. The summed E-state index contributed by atoms with van der Waals surface area (Å²) < 4.78 is 5.84. The molecule has 208 valence electrons. The molecule has 4 amide bonds. The Labute approximate surface area is 228 Å². The molecule has 4 rings (SSSR count). The second-order valence-corrected chi connectivity index (χ2v) is 10.8. The van der Waals surface area contributed by atoms with Crippen molar-refractivity contribution in [1.29, 1.82) is 0 Å². The largest absolute Gasteiger partial charge is 0.465 e. The minimum absolute atomic E-state index is 0.00144. The van der Waals surface area contributed by atoms with Crippen LogP contribution in [0.5, 0.6) is 0 Å². The average molecular weight is 537 g/mol. The number of piperidine rings is 1. The van der Waals surface area contributed by atoms with Crippen LogP contribution in [0.4, 0.5) is 4.79 Å². The first-order valence-electron chi connectivity index (χ1n) is 13.1. The van der Waals surface area contributed by atoms with Gasteiger partial charge in [-0.25, -0.2) is 4.79 Å². The van der Waals surface area contributed by atoms with Crippen molar-refractivity contribution in [2.24, 2.45) is 5.41 Å². The molecule has 0 aliphatic carbocycles. The van der Waals surface area contributed by atoms with Gasteiger partial charge < -0.3 is 30.3 Å². The van der Waals surface area contributed by atoms with Crippen molar-refractivity contribution in [2.45, 2.75) is 50.9 Å². The number of amides is 4. The number of ether oxygens (including phenoxy) is 1. The van der Waals surface area contributed by atoms with Crippen LogP contribution in [0.2, 0.25) is 0 Å². The van der Waals surface area contributed by atoms with Crippen LogP contribution < -0.4 is 10.6 Å². The van der Waals surface area contributed by atoms with E-state index >= 15 is 0 Å². The van der Waals surface area contributed by atoms with E-state index in [4.69, 9.17) is 9.84 Å². The van der Waals surface area contributed by atoms with E-state index in [1.165, 1.54) is 13.8 Å². The van der Waals surface area contributed by atoms with E-state index in [-0.39, 0.29) is 37.6 Å². The van der Waals surface area contributed by atoms with Crippen molar-refractivity contribution < 1.29 is 29.0 Å². The first-order valence-corrected chi connectivity index (χ1v) is 13.1. The van der Waals surface area contributed by atoms with E-state index in [0.717, 1.165) is 11.1 Å². The monoisotopic (exact) mass is 536 g/mol. The highest BCUT2D eigenvalue weighted by molar-refractivity contribution is 5.95. The molecule has 2 unspecified atom stereocenters. The molecule has 0 saturated carbocycles. The van der Waals surface area contributed by atoms with Gasteiger partial charge in [-0.2, -0.15) is 0 Å². The fraction of sp³-hybridized carbons (Fsp3) is 0.448. The molecule has 1 spiro atoms. The smallest absolute Gasteiger partial charge is 0.405 e. The SMILES string of the molecule is CN1C(=O)C2(CCCN(C(=O)[C@@H](COCc3ccccc3)NC(=O)C(C)(C)NC(=O)O)C2)C1c1ccccc1. The van der Waals surface area contributed by atoms with Gasteiger partial charge in [0.1, 0.15) is 11.6 Å². The Morgan fingerprint density at radius 3 is 2.38 bits per heavy atom. The number of hydrogen-bond acceptors (Lipinski definition) is 5. The normalized spacial score (nSPS) is 21.7. The summed E-state index contributed by atoms with van der Waals surface area (Å²) in [7, 11) is 1.78. The van der Waals surface area contributed by atoms with E-state index in [1.54, 1.807) is 16.8 Å². The zero-order valence-electron chi connectivity index (χ0n) is 22.6. The van der Waals surface area contributed by atoms with Gasteiger partial charge in [0.2, 0.25) is 17.7 Å². The number of hydrogen-bond donors (Lipinski definition) is 3. The van der Waals surface area contributed by atoms with Crippen LogP contribution in [0.1, 0.15) is 43.9 Å². The first kappa shape index (κ1) is 28.1. The molecule has 3 atom stereocenters. The van der Waals surface area contributed by atoms with Crippen molar-refractivity contribution in [3.8, 4) is 0 Å². The summed E-state index contributed by atoms with van der Waals surface area (Å²) in [6, 6.07) is 18.0. The number of nitrogens with one attached hydrogen (secondary N) is 2. The van der Waals surface area contributed by atoms with Gasteiger partial charge in [0.05, 0.1) is 24.7 Å². The van der Waals surface area contributed by atoms with Gasteiger partial charge in [0, 0.05) is 20.1 Å². The van der Waals surface area contributed by atoms with Crippen LogP contribution >= 0.6 is 0 Å². The van der Waals surface area contributed by atoms with Gasteiger partial charge in [0.25, 0.3) is 0 Å². The third kappa shape index (κ3) is 5.90. The van der Waals surface area contributed by atoms with Crippen molar-refractivity contribution in [3.63, 3.8) is 0 Å². The molecule has 2 saturated heterocycles. The third-order valence-electron chi connectivity index (χ3n) is 7.59. The van der Waals surface area contributed by atoms with Gasteiger partial charge >= 0.3 is 6.09 Å². The summed E-state index contributed by atoms with van der Waals surface area (Å²) in [6.07, 6.45) is -0.0426. The number of likely N-dealkylation sites (tertiary alicyclic amines) is 2. The summed E-state index contributed by atoms with van der Waals surface area (Å²) >= 11 is 0. The molecule has 39 heavy (non-hydrogen) atoms. The van der Waals surface area contributed by atoms with Crippen molar-refractivity contribution in [2.75, 3.05) is 26.7 Å². The molecule has 2 aliphatic heterocycles. The maximum absolute atomic E-state index is 13.9. The van der Waals surface area contributed by atoms with Gasteiger partial charge in [0.15, 0.2) is 0 Å². The molecular formula is C29H36N4O6. The predicted octanol–water partition coefficient (Wildman–Crippen LogP) is 2.56. The number of carboxylic acid groups (broad SMARTS) is 1. The third-order valence-corrected chi connectivity index (χ3v) is 7.59.